The highest BCUT2D eigenvalue weighted by Crippen LogP contribution is 2.62. The number of benzene rings is 6. The smallest absolute Gasteiger partial charge is 0.252 e. The molecule has 2 atom stereocenters. The Bertz CT molecular complexity index is 3280. The number of hydrogen-bond donors (Lipinski definition) is 0. The second-order valence-electron chi connectivity index (χ2n) is 24.2. The molecular weight excluding hydrogens is 784 g/mol. The Morgan fingerprint density at radius 2 is 0.969 bits per heavy atom. The summed E-state index contributed by atoms with van der Waals surface area (Å²) in [4.78, 5) is 4.56. The van der Waals surface area contributed by atoms with Gasteiger partial charge in [-0.15, -0.1) is 0 Å². The van der Waals surface area contributed by atoms with Gasteiger partial charge < -0.3 is 9.80 Å². The minimum atomic E-state index is -1.87. The van der Waals surface area contributed by atoms with E-state index in [1.54, 1.807) is 0 Å². The highest BCUT2D eigenvalue weighted by molar-refractivity contribution is 7.00. The van der Waals surface area contributed by atoms with Gasteiger partial charge in [-0.3, -0.25) is 0 Å². The fraction of sp³-hybridized carbons (Fsp3) is 0.419. The van der Waals surface area contributed by atoms with Crippen molar-refractivity contribution < 1.29 is 12.3 Å². The van der Waals surface area contributed by atoms with Crippen molar-refractivity contribution in [3.05, 3.63) is 149 Å². The third kappa shape index (κ3) is 7.04. The summed E-state index contributed by atoms with van der Waals surface area (Å²) >= 11 is 0. The first-order chi connectivity index (χ1) is 34.3. The zero-order chi connectivity index (χ0) is 53.5. The molecule has 6 aromatic rings. The molecule has 12 rings (SSSR count). The molecule has 0 N–H and O–H groups in total. The van der Waals surface area contributed by atoms with E-state index in [4.69, 9.17) is 4.11 Å². The fourth-order valence-corrected chi connectivity index (χ4v) is 12.0. The van der Waals surface area contributed by atoms with Gasteiger partial charge in [-0.05, 0) is 182 Å². The first-order valence-corrected chi connectivity index (χ1v) is 24.2. The Labute approximate surface area is 404 Å². The average molecular weight is 864 g/mol. The third-order valence-electron chi connectivity index (χ3n) is 15.5. The van der Waals surface area contributed by atoms with Crippen molar-refractivity contribution in [1.29, 1.82) is 0 Å². The van der Waals surface area contributed by atoms with Gasteiger partial charge in [0.05, 0.1) is 12.5 Å². The normalized spacial score (nSPS) is 25.8. The molecule has 4 saturated carbocycles. The van der Waals surface area contributed by atoms with E-state index >= 15 is 0 Å². The number of fused-ring (bicyclic) bond motifs is 4. The number of hydrogen-bond acceptors (Lipinski definition) is 2. The lowest BCUT2D eigenvalue weighted by molar-refractivity contribution is -0.00514. The molecule has 4 aliphatic carbocycles. The Hall–Kier alpha value is -5.02. The summed E-state index contributed by atoms with van der Waals surface area (Å²) < 4.78 is 86.6. The van der Waals surface area contributed by atoms with Crippen molar-refractivity contribution in [2.75, 3.05) is 9.80 Å². The largest absolute Gasteiger partial charge is 0.311 e. The summed E-state index contributed by atoms with van der Waals surface area (Å²) in [6.45, 7) is 26.1. The predicted molar refractivity (Wildman–Crippen MR) is 281 cm³/mol. The van der Waals surface area contributed by atoms with E-state index in [1.807, 2.05) is 12.1 Å². The molecule has 4 fully saturated rings. The minimum Gasteiger partial charge on any atom is -0.311 e. The topological polar surface area (TPSA) is 6.48 Å². The van der Waals surface area contributed by atoms with E-state index in [-0.39, 0.29) is 63.8 Å². The van der Waals surface area contributed by atoms with Gasteiger partial charge >= 0.3 is 0 Å². The van der Waals surface area contributed by atoms with Crippen molar-refractivity contribution in [3.8, 4) is 11.1 Å². The second kappa shape index (κ2) is 14.5. The van der Waals surface area contributed by atoms with Gasteiger partial charge in [-0.2, -0.15) is 0 Å². The molecule has 0 spiro atoms. The zero-order valence-electron chi connectivity index (χ0n) is 49.7. The van der Waals surface area contributed by atoms with Crippen LogP contribution < -0.4 is 26.2 Å². The zero-order valence-corrected chi connectivity index (χ0v) is 40.7. The van der Waals surface area contributed by atoms with Crippen LogP contribution in [0.5, 0.6) is 0 Å². The lowest BCUT2D eigenvalue weighted by atomic mass is 9.33. The van der Waals surface area contributed by atoms with Crippen LogP contribution >= 0.6 is 0 Å². The molecule has 6 aromatic carbocycles. The summed E-state index contributed by atoms with van der Waals surface area (Å²) in [6.07, 6.45) is -1.30. The van der Waals surface area contributed by atoms with E-state index in [9.17, 15) is 8.22 Å². The Morgan fingerprint density at radius 3 is 1.51 bits per heavy atom. The molecule has 332 valence electrons. The molecule has 2 unspecified atom stereocenters. The summed E-state index contributed by atoms with van der Waals surface area (Å²) in [5, 5.41) is 0. The number of rotatable bonds is 4. The lowest BCUT2D eigenvalue weighted by Crippen LogP contribution is -2.62. The quantitative estimate of drug-likeness (QED) is 0.163. The van der Waals surface area contributed by atoms with Gasteiger partial charge in [0, 0.05) is 39.5 Å². The predicted octanol–water partition coefficient (Wildman–Crippen LogP) is 15.1. The van der Waals surface area contributed by atoms with Crippen molar-refractivity contribution in [3.63, 3.8) is 0 Å². The first kappa shape index (κ1) is 33.5. The molecule has 0 saturated heterocycles. The van der Waals surface area contributed by atoms with Crippen LogP contribution in [0.25, 0.3) is 11.1 Å². The highest BCUT2D eigenvalue weighted by Gasteiger charge is 2.53. The summed E-state index contributed by atoms with van der Waals surface area (Å²) in [5.41, 5.74) is 11.5. The van der Waals surface area contributed by atoms with Crippen LogP contribution in [0.4, 0.5) is 34.1 Å². The fourth-order valence-electron chi connectivity index (χ4n) is 12.0. The molecule has 6 aliphatic rings. The third-order valence-corrected chi connectivity index (χ3v) is 15.5. The van der Waals surface area contributed by atoms with Crippen LogP contribution in [0.1, 0.15) is 162 Å². The van der Waals surface area contributed by atoms with Crippen molar-refractivity contribution in [2.24, 2.45) is 17.8 Å². The molecule has 0 radical (unpaired) electrons. The molecular formula is C62H71BN2. The van der Waals surface area contributed by atoms with E-state index in [2.05, 4.69) is 172 Å². The van der Waals surface area contributed by atoms with Gasteiger partial charge in [-0.25, -0.2) is 0 Å². The highest BCUT2D eigenvalue weighted by atomic mass is 15.2. The molecule has 2 aliphatic heterocycles. The maximum absolute atomic E-state index is 10.3. The van der Waals surface area contributed by atoms with E-state index < -0.39 is 36.3 Å². The van der Waals surface area contributed by atoms with Crippen LogP contribution in [0.3, 0.4) is 0 Å². The standard InChI is InChI=1S/C62H71BN2/c1-58(2,3)43-18-23-48(24-19-43)64-53-26-21-45(60(7,8)9)32-50(53)63-51-33-46(61(10,11)12)22-27-54(51)65(52-25-20-44(59(4,5)6)31-49(52)42-16-14-13-15-17-42)56-35-47(34-55(64)57(56)63)62-36-39-28-40(37-62)30-41(29-39)38-62/h13-27,31-35,39-41H,28-30,36-38H2,1-12H3/i13D,14D,15D,16D,17D,36D2,37D2. The molecule has 2 nitrogen and oxygen atoms in total. The summed E-state index contributed by atoms with van der Waals surface area (Å²) in [5.74, 6) is -0.373. The van der Waals surface area contributed by atoms with Crippen LogP contribution in [-0.2, 0) is 27.1 Å². The molecule has 65 heavy (non-hydrogen) atoms. The van der Waals surface area contributed by atoms with Gasteiger partial charge in [0.2, 0.25) is 0 Å². The maximum Gasteiger partial charge on any atom is 0.252 e. The van der Waals surface area contributed by atoms with E-state index in [1.165, 1.54) is 11.1 Å². The molecule has 3 heteroatoms. The molecule has 4 bridgehead atoms. The first-order valence-electron chi connectivity index (χ1n) is 28.7. The van der Waals surface area contributed by atoms with E-state index in [0.717, 1.165) is 68.8 Å². The molecule has 0 amide bonds. The SMILES string of the molecule is [2H]c1c([2H])c([2H])c(-c2cc(C(C)(C)C)ccc2N2c3ccc(C(C)(C)C)cc3B3c4cc(C(C)(C)C)ccc4N(c4ccc(C(C)(C)C)cc4)c4cc(C56CC7CC(CC(C7)C5([2H])[2H])C6([2H])[2H])cc2c43)c([2H])c1[2H]. The number of anilines is 6. The Kier molecular flexibility index (Phi) is 7.46. The second-order valence-corrected chi connectivity index (χ2v) is 24.2. The summed E-state index contributed by atoms with van der Waals surface area (Å²) in [7, 11) is 0. The van der Waals surface area contributed by atoms with E-state index in [0.29, 0.717) is 29.7 Å². The minimum absolute atomic E-state index is 0.102. The van der Waals surface area contributed by atoms with Crippen LogP contribution in [0, 0.1) is 17.8 Å². The number of nitrogens with zero attached hydrogens (tertiary/aromatic N) is 2. The van der Waals surface area contributed by atoms with Crippen LogP contribution in [0.2, 0.25) is 0 Å². The van der Waals surface area contributed by atoms with Crippen LogP contribution in [-0.4, -0.2) is 6.71 Å². The Balaban J connectivity index is 1.33. The van der Waals surface area contributed by atoms with Gasteiger partial charge in [0.15, 0.2) is 0 Å². The van der Waals surface area contributed by atoms with Gasteiger partial charge in [0.25, 0.3) is 6.71 Å². The Morgan fingerprint density at radius 1 is 0.508 bits per heavy atom. The van der Waals surface area contributed by atoms with Gasteiger partial charge in [-0.1, -0.05) is 156 Å². The van der Waals surface area contributed by atoms with Crippen molar-refractivity contribution in [2.45, 2.75) is 149 Å². The van der Waals surface area contributed by atoms with Gasteiger partial charge in [0.1, 0.15) is 0 Å². The van der Waals surface area contributed by atoms with Crippen molar-refractivity contribution >= 4 is 57.2 Å². The summed E-state index contributed by atoms with van der Waals surface area (Å²) in [6, 6.07) is 31.0. The van der Waals surface area contributed by atoms with Crippen molar-refractivity contribution in [1.82, 2.24) is 0 Å². The molecule has 2 heterocycles. The lowest BCUT2D eigenvalue weighted by Gasteiger charge is -2.57. The monoisotopic (exact) mass is 864 g/mol. The van der Waals surface area contributed by atoms with Crippen LogP contribution in [0.15, 0.2) is 121 Å². The molecule has 0 aromatic heterocycles. The maximum atomic E-state index is 10.3. The average Bonchev–Trinajstić information content (AvgIpc) is 3.32.